The van der Waals surface area contributed by atoms with Crippen molar-refractivity contribution in [2.45, 2.75) is 102 Å². The summed E-state index contributed by atoms with van der Waals surface area (Å²) in [5.41, 5.74) is 8.99. The zero-order valence-corrected chi connectivity index (χ0v) is 24.6. The molecule has 1 nitrogen and oxygen atoms in total. The number of aromatic nitrogens is 1. The molecule has 0 unspecified atom stereocenters. The highest BCUT2D eigenvalue weighted by Crippen LogP contribution is 2.52. The van der Waals surface area contributed by atoms with E-state index in [-0.39, 0.29) is 0 Å². The summed E-state index contributed by atoms with van der Waals surface area (Å²) in [5, 5.41) is 2.45. The smallest absolute Gasteiger partial charge is 0.201 e. The van der Waals surface area contributed by atoms with E-state index in [1.807, 2.05) is 0 Å². The summed E-state index contributed by atoms with van der Waals surface area (Å²) in [5.74, 6) is -1.01. The minimum atomic E-state index is -0.552. The van der Waals surface area contributed by atoms with E-state index in [1.165, 1.54) is 89.2 Å². The number of benzene rings is 3. The molecule has 3 aromatic carbocycles. The fourth-order valence-electron chi connectivity index (χ4n) is 8.17. The molecular weight excluding hydrogens is 482 g/mol. The van der Waals surface area contributed by atoms with Crippen LogP contribution in [0.1, 0.15) is 115 Å². The van der Waals surface area contributed by atoms with Crippen LogP contribution in [-0.2, 0) is 7.05 Å². The fraction of sp³-hybridized carbons (Fsp3) is 0.462. The summed E-state index contributed by atoms with van der Waals surface area (Å²) in [7, 11) is 2.14. The van der Waals surface area contributed by atoms with Crippen LogP contribution in [0.4, 0.5) is 0 Å². The maximum Gasteiger partial charge on any atom is 0.213 e. The van der Waals surface area contributed by atoms with Crippen LogP contribution in [0.25, 0.3) is 33.2 Å². The summed E-state index contributed by atoms with van der Waals surface area (Å²) in [6.07, 6.45) is 17.6. The van der Waals surface area contributed by atoms with Gasteiger partial charge in [0, 0.05) is 19.9 Å². The molecule has 3 saturated carbocycles. The van der Waals surface area contributed by atoms with Crippen molar-refractivity contribution in [1.82, 2.24) is 0 Å². The van der Waals surface area contributed by atoms with Crippen molar-refractivity contribution < 1.29 is 7.31 Å². The Kier molecular flexibility index (Phi) is 6.41. The number of rotatable bonds is 4. The van der Waals surface area contributed by atoms with Crippen LogP contribution < -0.4 is 4.57 Å². The van der Waals surface area contributed by atoms with Crippen LogP contribution in [-0.4, -0.2) is 0 Å². The van der Waals surface area contributed by atoms with Crippen LogP contribution >= 0.6 is 0 Å². The van der Waals surface area contributed by atoms with E-state index in [1.54, 1.807) is 0 Å². The van der Waals surface area contributed by atoms with Gasteiger partial charge in [0.1, 0.15) is 7.05 Å². The van der Waals surface area contributed by atoms with Gasteiger partial charge in [0.05, 0.1) is 0 Å². The Balaban J connectivity index is 1.28. The highest BCUT2D eigenvalue weighted by Gasteiger charge is 2.37. The lowest BCUT2D eigenvalue weighted by molar-refractivity contribution is -0.660. The number of hydrogen-bond donors (Lipinski definition) is 0. The minimum Gasteiger partial charge on any atom is -0.201 e. The Morgan fingerprint density at radius 3 is 2.20 bits per heavy atom. The SMILES string of the molecule is [2H]C1(c2ccc3cc(-c4cc(-c5ccccc5C)[n+](C)cc4C4([2H])CCCCC4)ccc3c2)CCC2(CCCC2)CC1. The highest BCUT2D eigenvalue weighted by atomic mass is 14.9. The zero-order chi connectivity index (χ0) is 29.0. The first-order valence-corrected chi connectivity index (χ1v) is 15.9. The Bertz CT molecular complexity index is 1610. The lowest BCUT2D eigenvalue weighted by Crippen LogP contribution is -2.32. The third kappa shape index (κ3) is 4.91. The monoisotopic (exact) mass is 530 g/mol. The number of fused-ring (bicyclic) bond motifs is 1. The van der Waals surface area contributed by atoms with E-state index in [2.05, 4.69) is 91.5 Å². The van der Waals surface area contributed by atoms with Crippen molar-refractivity contribution in [2.75, 3.05) is 0 Å². The number of nitrogens with zero attached hydrogens (tertiary/aromatic N) is 1. The molecule has 0 N–H and O–H groups in total. The van der Waals surface area contributed by atoms with E-state index in [9.17, 15) is 2.74 Å². The number of aryl methyl sites for hydroxylation is 2. The van der Waals surface area contributed by atoms with Crippen molar-refractivity contribution in [3.8, 4) is 22.4 Å². The molecule has 4 aromatic rings. The molecule has 0 radical (unpaired) electrons. The topological polar surface area (TPSA) is 3.88 Å². The highest BCUT2D eigenvalue weighted by molar-refractivity contribution is 5.89. The lowest BCUT2D eigenvalue weighted by atomic mass is 9.68. The van der Waals surface area contributed by atoms with Crippen LogP contribution in [0.5, 0.6) is 0 Å². The third-order valence-electron chi connectivity index (χ3n) is 10.7. The normalized spacial score (nSPS) is 22.2. The van der Waals surface area contributed by atoms with E-state index in [4.69, 9.17) is 0 Å². The van der Waals surface area contributed by atoms with Gasteiger partial charge in [0.25, 0.3) is 0 Å². The maximum atomic E-state index is 9.62. The standard InChI is InChI=1S/C39H46N/c1-28-10-6-7-13-35(28)38-26-36(37(27-40(38)2)30-11-4-3-5-12-30)34-17-16-32-24-31(14-15-33(32)25-34)29-18-22-39(23-19-29)20-8-9-21-39/h6-7,10,13-17,24-27,29-30H,3-5,8-9,11-12,18-23H2,1-2H3/q+1/i29D,30D. The maximum absolute atomic E-state index is 9.62. The molecule has 0 bridgehead atoms. The van der Waals surface area contributed by atoms with Gasteiger partial charge in [0.2, 0.25) is 5.69 Å². The van der Waals surface area contributed by atoms with Gasteiger partial charge >= 0.3 is 0 Å². The Morgan fingerprint density at radius 1 is 0.700 bits per heavy atom. The average Bonchev–Trinajstić information content (AvgIpc) is 3.47. The van der Waals surface area contributed by atoms with Gasteiger partial charge in [-0.25, -0.2) is 4.57 Å². The molecular formula is C39H46N+. The van der Waals surface area contributed by atoms with Gasteiger partial charge in [-0.2, -0.15) is 0 Å². The quantitative estimate of drug-likeness (QED) is 0.231. The second kappa shape index (κ2) is 10.8. The van der Waals surface area contributed by atoms with Crippen LogP contribution in [0.2, 0.25) is 0 Å². The molecule has 1 spiro atoms. The Morgan fingerprint density at radius 2 is 1.43 bits per heavy atom. The van der Waals surface area contributed by atoms with Gasteiger partial charge in [-0.15, -0.1) is 0 Å². The molecule has 0 saturated heterocycles. The minimum absolute atomic E-state index is 0.455. The van der Waals surface area contributed by atoms with E-state index in [0.717, 1.165) is 44.1 Å². The third-order valence-corrected chi connectivity index (χ3v) is 10.7. The van der Waals surface area contributed by atoms with E-state index < -0.39 is 11.8 Å². The first kappa shape index (κ1) is 23.7. The van der Waals surface area contributed by atoms with Crippen LogP contribution in [0, 0.1) is 12.3 Å². The van der Waals surface area contributed by atoms with Crippen molar-refractivity contribution in [3.05, 3.63) is 89.6 Å². The van der Waals surface area contributed by atoms with Gasteiger partial charge in [-0.1, -0.05) is 80.6 Å². The van der Waals surface area contributed by atoms with Crippen molar-refractivity contribution in [3.63, 3.8) is 0 Å². The molecule has 206 valence electrons. The summed E-state index contributed by atoms with van der Waals surface area (Å²) >= 11 is 0. The summed E-state index contributed by atoms with van der Waals surface area (Å²) in [4.78, 5) is 0. The molecule has 3 aliphatic carbocycles. The molecule has 1 heteroatoms. The second-order valence-electron chi connectivity index (χ2n) is 13.2. The molecule has 40 heavy (non-hydrogen) atoms. The number of hydrogen-bond acceptors (Lipinski definition) is 0. The van der Waals surface area contributed by atoms with Crippen LogP contribution in [0.15, 0.2) is 72.9 Å². The summed E-state index contributed by atoms with van der Waals surface area (Å²) in [6.45, 7) is 2.18. The summed E-state index contributed by atoms with van der Waals surface area (Å²) < 4.78 is 21.3. The molecule has 0 atom stereocenters. The molecule has 0 amide bonds. The van der Waals surface area contributed by atoms with Crippen molar-refractivity contribution in [2.24, 2.45) is 12.5 Å². The van der Waals surface area contributed by atoms with E-state index >= 15 is 0 Å². The van der Waals surface area contributed by atoms with Crippen molar-refractivity contribution >= 4 is 10.8 Å². The molecule has 0 aliphatic heterocycles. The van der Waals surface area contributed by atoms with Gasteiger partial charge in [-0.05, 0) is 121 Å². The Labute approximate surface area is 244 Å². The number of pyridine rings is 1. The van der Waals surface area contributed by atoms with Crippen molar-refractivity contribution in [1.29, 1.82) is 0 Å². The van der Waals surface area contributed by atoms with Gasteiger partial charge in [0.15, 0.2) is 6.20 Å². The van der Waals surface area contributed by atoms with Gasteiger partial charge < -0.3 is 0 Å². The lowest BCUT2D eigenvalue weighted by Gasteiger charge is -2.37. The first-order valence-electron chi connectivity index (χ1n) is 16.9. The molecule has 1 heterocycles. The molecule has 1 aromatic heterocycles. The molecule has 3 aliphatic rings. The molecule has 3 fully saturated rings. The van der Waals surface area contributed by atoms with Crippen LogP contribution in [0.3, 0.4) is 0 Å². The first-order chi connectivity index (χ1) is 20.3. The average molecular weight is 531 g/mol. The second-order valence-corrected chi connectivity index (χ2v) is 13.2. The van der Waals surface area contributed by atoms with E-state index in [0.29, 0.717) is 5.41 Å². The largest absolute Gasteiger partial charge is 0.213 e. The Hall–Kier alpha value is -2.93. The summed E-state index contributed by atoms with van der Waals surface area (Å²) in [6, 6.07) is 24.6. The predicted octanol–water partition coefficient (Wildman–Crippen LogP) is 10.6. The fourth-order valence-corrected chi connectivity index (χ4v) is 8.17. The van der Waals surface area contributed by atoms with Gasteiger partial charge in [-0.3, -0.25) is 0 Å². The zero-order valence-electron chi connectivity index (χ0n) is 26.6. The molecule has 7 rings (SSSR count). The predicted molar refractivity (Wildman–Crippen MR) is 169 cm³/mol.